The number of nitrogens with zero attached hydrogens (tertiary/aromatic N) is 1. The molecule has 0 unspecified atom stereocenters. The minimum Gasteiger partial charge on any atom is -0.497 e. The molecule has 1 atom stereocenters. The third-order valence-corrected chi connectivity index (χ3v) is 5.24. The summed E-state index contributed by atoms with van der Waals surface area (Å²) in [7, 11) is 1.67. The SMILES string of the molecule is COc1ccc([C@@H](CNC(=O)c2ccccc2Cl)N2CCCCC2)cc1. The first-order chi connectivity index (χ1) is 12.7. The van der Waals surface area contributed by atoms with Gasteiger partial charge in [0.15, 0.2) is 0 Å². The smallest absolute Gasteiger partial charge is 0.252 e. The normalized spacial score (nSPS) is 16.1. The van der Waals surface area contributed by atoms with Crippen LogP contribution in [0.2, 0.25) is 5.02 Å². The van der Waals surface area contributed by atoms with Crippen molar-refractivity contribution in [2.75, 3.05) is 26.7 Å². The Morgan fingerprint density at radius 3 is 2.46 bits per heavy atom. The summed E-state index contributed by atoms with van der Waals surface area (Å²) in [6, 6.07) is 15.4. The van der Waals surface area contributed by atoms with Gasteiger partial charge in [0.2, 0.25) is 0 Å². The lowest BCUT2D eigenvalue weighted by atomic mass is 10.0. The second kappa shape index (κ2) is 9.06. The van der Waals surface area contributed by atoms with Crippen molar-refractivity contribution in [2.24, 2.45) is 0 Å². The van der Waals surface area contributed by atoms with Gasteiger partial charge in [0, 0.05) is 6.54 Å². The summed E-state index contributed by atoms with van der Waals surface area (Å²) in [5, 5.41) is 3.54. The Labute approximate surface area is 160 Å². The summed E-state index contributed by atoms with van der Waals surface area (Å²) in [5.41, 5.74) is 1.70. The van der Waals surface area contributed by atoms with Gasteiger partial charge in [-0.25, -0.2) is 0 Å². The lowest BCUT2D eigenvalue weighted by Gasteiger charge is -2.35. The predicted molar refractivity (Wildman–Crippen MR) is 105 cm³/mol. The van der Waals surface area contributed by atoms with E-state index in [1.54, 1.807) is 19.2 Å². The number of hydrogen-bond donors (Lipinski definition) is 1. The lowest BCUT2D eigenvalue weighted by Crippen LogP contribution is -2.40. The highest BCUT2D eigenvalue weighted by Gasteiger charge is 2.23. The zero-order valence-electron chi connectivity index (χ0n) is 15.1. The second-order valence-electron chi connectivity index (χ2n) is 6.58. The van der Waals surface area contributed by atoms with Gasteiger partial charge in [0.25, 0.3) is 5.91 Å². The quantitative estimate of drug-likeness (QED) is 0.821. The molecule has 2 aromatic carbocycles. The molecule has 1 fully saturated rings. The molecule has 2 aromatic rings. The largest absolute Gasteiger partial charge is 0.497 e. The Balaban J connectivity index is 1.74. The minimum atomic E-state index is -0.133. The van der Waals surface area contributed by atoms with Crippen molar-refractivity contribution in [3.8, 4) is 5.75 Å². The molecule has 1 saturated heterocycles. The molecule has 0 saturated carbocycles. The first-order valence-electron chi connectivity index (χ1n) is 9.10. The number of benzene rings is 2. The number of amides is 1. The number of carbonyl (C=O) groups is 1. The first-order valence-corrected chi connectivity index (χ1v) is 9.47. The van der Waals surface area contributed by atoms with Gasteiger partial charge in [0.1, 0.15) is 5.75 Å². The Bertz CT molecular complexity index is 727. The molecule has 0 spiro atoms. The van der Waals surface area contributed by atoms with E-state index in [2.05, 4.69) is 22.3 Å². The van der Waals surface area contributed by atoms with Crippen LogP contribution in [0.25, 0.3) is 0 Å². The average molecular weight is 373 g/mol. The maximum Gasteiger partial charge on any atom is 0.252 e. The fraction of sp³-hybridized carbons (Fsp3) is 0.381. The number of ether oxygens (including phenoxy) is 1. The van der Waals surface area contributed by atoms with E-state index in [1.807, 2.05) is 24.3 Å². The van der Waals surface area contributed by atoms with Crippen LogP contribution in [0.1, 0.15) is 41.2 Å². The molecular formula is C21H25ClN2O2. The summed E-state index contributed by atoms with van der Waals surface area (Å²) in [5.74, 6) is 0.706. The van der Waals surface area contributed by atoms with Gasteiger partial charge in [-0.05, 0) is 55.8 Å². The summed E-state index contributed by atoms with van der Waals surface area (Å²) in [6.07, 6.45) is 3.67. The zero-order chi connectivity index (χ0) is 18.4. The summed E-state index contributed by atoms with van der Waals surface area (Å²) in [6.45, 7) is 2.66. The van der Waals surface area contributed by atoms with Crippen LogP contribution in [0.3, 0.4) is 0 Å². The molecular weight excluding hydrogens is 348 g/mol. The molecule has 4 nitrogen and oxygen atoms in total. The molecule has 1 amide bonds. The molecule has 0 aromatic heterocycles. The summed E-state index contributed by atoms with van der Waals surface area (Å²) >= 11 is 6.15. The first kappa shape index (κ1) is 18.7. The molecule has 138 valence electrons. The van der Waals surface area contributed by atoms with Gasteiger partial charge >= 0.3 is 0 Å². The highest BCUT2D eigenvalue weighted by atomic mass is 35.5. The van der Waals surface area contributed by atoms with Gasteiger partial charge < -0.3 is 10.1 Å². The molecule has 1 heterocycles. The maximum atomic E-state index is 12.6. The van der Waals surface area contributed by atoms with Crippen molar-refractivity contribution in [3.63, 3.8) is 0 Å². The van der Waals surface area contributed by atoms with Crippen molar-refractivity contribution in [2.45, 2.75) is 25.3 Å². The number of halogens is 1. The monoisotopic (exact) mass is 372 g/mol. The van der Waals surface area contributed by atoms with Crippen LogP contribution >= 0.6 is 11.6 Å². The predicted octanol–water partition coefficient (Wildman–Crippen LogP) is 4.31. The van der Waals surface area contributed by atoms with E-state index in [4.69, 9.17) is 16.3 Å². The van der Waals surface area contributed by atoms with Gasteiger partial charge in [-0.15, -0.1) is 0 Å². The van der Waals surface area contributed by atoms with Crippen LogP contribution in [-0.4, -0.2) is 37.6 Å². The van der Waals surface area contributed by atoms with E-state index in [9.17, 15) is 4.79 Å². The van der Waals surface area contributed by atoms with Gasteiger partial charge in [-0.2, -0.15) is 0 Å². The van der Waals surface area contributed by atoms with Crippen LogP contribution in [0, 0.1) is 0 Å². The van der Waals surface area contributed by atoms with Crippen LogP contribution < -0.4 is 10.1 Å². The molecule has 3 rings (SSSR count). The van der Waals surface area contributed by atoms with E-state index >= 15 is 0 Å². The van der Waals surface area contributed by atoms with Crippen LogP contribution in [0.5, 0.6) is 5.75 Å². The van der Waals surface area contributed by atoms with Crippen molar-refractivity contribution < 1.29 is 9.53 Å². The number of rotatable bonds is 6. The highest BCUT2D eigenvalue weighted by molar-refractivity contribution is 6.33. The highest BCUT2D eigenvalue weighted by Crippen LogP contribution is 2.26. The molecule has 0 aliphatic carbocycles. The average Bonchev–Trinajstić information content (AvgIpc) is 2.69. The zero-order valence-corrected chi connectivity index (χ0v) is 15.8. The molecule has 26 heavy (non-hydrogen) atoms. The standard InChI is InChI=1S/C21H25ClN2O2/c1-26-17-11-9-16(10-12-17)20(24-13-5-2-6-14-24)15-23-21(25)18-7-3-4-8-19(18)22/h3-4,7-12,20H,2,5-6,13-15H2,1H3,(H,23,25)/t20-/m1/s1. The van der Waals surface area contributed by atoms with Crippen molar-refractivity contribution in [3.05, 3.63) is 64.7 Å². The number of hydrogen-bond acceptors (Lipinski definition) is 3. The molecule has 1 aliphatic heterocycles. The fourth-order valence-corrected chi connectivity index (χ4v) is 3.67. The molecule has 0 radical (unpaired) electrons. The number of likely N-dealkylation sites (tertiary alicyclic amines) is 1. The summed E-state index contributed by atoms with van der Waals surface area (Å²) < 4.78 is 5.27. The van der Waals surface area contributed by atoms with Crippen molar-refractivity contribution in [1.29, 1.82) is 0 Å². The van der Waals surface area contributed by atoms with Crippen LogP contribution in [0.15, 0.2) is 48.5 Å². The topological polar surface area (TPSA) is 41.6 Å². The minimum absolute atomic E-state index is 0.133. The third kappa shape index (κ3) is 4.57. The Morgan fingerprint density at radius 2 is 1.81 bits per heavy atom. The van der Waals surface area contributed by atoms with Gasteiger partial charge in [-0.1, -0.05) is 42.3 Å². The Kier molecular flexibility index (Phi) is 6.53. The molecule has 1 N–H and O–H groups in total. The number of nitrogens with one attached hydrogen (secondary N) is 1. The van der Waals surface area contributed by atoms with Crippen LogP contribution in [0.4, 0.5) is 0 Å². The Hall–Kier alpha value is -2.04. The Morgan fingerprint density at radius 1 is 1.12 bits per heavy atom. The second-order valence-corrected chi connectivity index (χ2v) is 6.98. The van der Waals surface area contributed by atoms with Crippen molar-refractivity contribution >= 4 is 17.5 Å². The van der Waals surface area contributed by atoms with Gasteiger partial charge in [0.05, 0.1) is 23.7 Å². The number of carbonyl (C=O) groups excluding carboxylic acids is 1. The summed E-state index contributed by atoms with van der Waals surface area (Å²) in [4.78, 5) is 15.0. The van der Waals surface area contributed by atoms with E-state index < -0.39 is 0 Å². The molecule has 0 bridgehead atoms. The van der Waals surface area contributed by atoms with E-state index in [-0.39, 0.29) is 11.9 Å². The number of piperidine rings is 1. The lowest BCUT2D eigenvalue weighted by molar-refractivity contribution is 0.0924. The van der Waals surface area contributed by atoms with Crippen LogP contribution in [-0.2, 0) is 0 Å². The number of methoxy groups -OCH3 is 1. The van der Waals surface area contributed by atoms with E-state index in [1.165, 1.54) is 24.8 Å². The maximum absolute atomic E-state index is 12.6. The molecule has 1 aliphatic rings. The van der Waals surface area contributed by atoms with E-state index in [0.29, 0.717) is 17.1 Å². The third-order valence-electron chi connectivity index (χ3n) is 4.91. The van der Waals surface area contributed by atoms with Gasteiger partial charge in [-0.3, -0.25) is 9.69 Å². The van der Waals surface area contributed by atoms with Crippen molar-refractivity contribution in [1.82, 2.24) is 10.2 Å². The van der Waals surface area contributed by atoms with E-state index in [0.717, 1.165) is 18.8 Å². The fourth-order valence-electron chi connectivity index (χ4n) is 3.44. The molecule has 5 heteroatoms.